The highest BCUT2D eigenvalue weighted by molar-refractivity contribution is 14.1. The van der Waals surface area contributed by atoms with Crippen LogP contribution >= 0.6 is 22.6 Å². The number of rotatable bonds is 9. The van der Waals surface area contributed by atoms with Gasteiger partial charge in [-0.1, -0.05) is 18.2 Å². The van der Waals surface area contributed by atoms with Crippen molar-refractivity contribution in [2.75, 3.05) is 20.3 Å². The van der Waals surface area contributed by atoms with Gasteiger partial charge in [-0.15, -0.1) is 0 Å². The van der Waals surface area contributed by atoms with Crippen LogP contribution in [0.1, 0.15) is 31.0 Å². The van der Waals surface area contributed by atoms with Crippen molar-refractivity contribution in [2.45, 2.75) is 19.9 Å². The van der Waals surface area contributed by atoms with Crippen molar-refractivity contribution >= 4 is 46.7 Å². The Hall–Kier alpha value is -3.61. The Morgan fingerprint density at radius 2 is 1.91 bits per heavy atom. The molecular formula is C24H25IN4O6. The molecule has 184 valence electrons. The van der Waals surface area contributed by atoms with Crippen molar-refractivity contribution in [1.82, 2.24) is 16.1 Å². The first-order chi connectivity index (χ1) is 16.8. The number of esters is 1. The van der Waals surface area contributed by atoms with Gasteiger partial charge in [0.25, 0.3) is 5.91 Å². The fourth-order valence-electron chi connectivity index (χ4n) is 3.31. The summed E-state index contributed by atoms with van der Waals surface area (Å²) in [6, 6.07) is 11.4. The fourth-order valence-corrected chi connectivity index (χ4v) is 3.67. The summed E-state index contributed by atoms with van der Waals surface area (Å²) in [7, 11) is 1.45. The van der Waals surface area contributed by atoms with Gasteiger partial charge in [-0.3, -0.25) is 4.79 Å². The third-order valence-electron chi connectivity index (χ3n) is 4.92. The zero-order valence-corrected chi connectivity index (χ0v) is 21.5. The molecule has 2 aromatic carbocycles. The molecule has 0 saturated carbocycles. The monoisotopic (exact) mass is 592 g/mol. The summed E-state index contributed by atoms with van der Waals surface area (Å²) in [5.41, 5.74) is 4.52. The number of carbonyl (C=O) groups excluding carboxylic acids is 3. The summed E-state index contributed by atoms with van der Waals surface area (Å²) < 4.78 is 17.2. The van der Waals surface area contributed by atoms with E-state index >= 15 is 0 Å². The highest BCUT2D eigenvalue weighted by atomic mass is 127. The van der Waals surface area contributed by atoms with Crippen molar-refractivity contribution in [3.05, 3.63) is 68.4 Å². The molecule has 0 bridgehead atoms. The molecule has 3 N–H and O–H groups in total. The largest absolute Gasteiger partial charge is 0.493 e. The minimum atomic E-state index is -0.746. The Morgan fingerprint density at radius 1 is 1.17 bits per heavy atom. The molecule has 0 spiro atoms. The van der Waals surface area contributed by atoms with Crippen LogP contribution in [0.3, 0.4) is 0 Å². The number of methoxy groups -OCH3 is 1. The summed E-state index contributed by atoms with van der Waals surface area (Å²) in [5.74, 6) is -0.353. The van der Waals surface area contributed by atoms with Gasteiger partial charge in [0, 0.05) is 9.27 Å². The van der Waals surface area contributed by atoms with E-state index in [1.54, 1.807) is 32.0 Å². The van der Waals surface area contributed by atoms with E-state index in [-0.39, 0.29) is 18.8 Å². The van der Waals surface area contributed by atoms with Gasteiger partial charge in [-0.25, -0.2) is 15.0 Å². The highest BCUT2D eigenvalue weighted by Gasteiger charge is 2.32. The molecule has 3 rings (SSSR count). The molecule has 0 unspecified atom stereocenters. The first kappa shape index (κ1) is 26.0. The van der Waals surface area contributed by atoms with Gasteiger partial charge < -0.3 is 24.8 Å². The Balaban J connectivity index is 1.69. The Kier molecular flexibility index (Phi) is 9.06. The number of amides is 3. The van der Waals surface area contributed by atoms with Gasteiger partial charge >= 0.3 is 12.0 Å². The molecule has 2 aromatic rings. The SMILES string of the molecule is CCOC(=O)C1=C(C)NC(=O)N[C@@H]1c1ccc(OCC(=O)N/N=C\c2ccc(I)cc2)c(OC)c1. The number of benzene rings is 2. The van der Waals surface area contributed by atoms with Crippen LogP contribution in [0.25, 0.3) is 0 Å². The maximum atomic E-state index is 12.5. The van der Waals surface area contributed by atoms with E-state index in [4.69, 9.17) is 14.2 Å². The first-order valence-corrected chi connectivity index (χ1v) is 11.7. The zero-order valence-electron chi connectivity index (χ0n) is 19.4. The summed E-state index contributed by atoms with van der Waals surface area (Å²) in [6.45, 7) is 3.24. The molecule has 1 aliphatic heterocycles. The number of hydrazone groups is 1. The second-order valence-electron chi connectivity index (χ2n) is 7.33. The Bertz CT molecular complexity index is 1160. The average Bonchev–Trinajstić information content (AvgIpc) is 2.83. The van der Waals surface area contributed by atoms with Gasteiger partial charge in [0.15, 0.2) is 18.1 Å². The summed E-state index contributed by atoms with van der Waals surface area (Å²) in [6.07, 6.45) is 1.54. The van der Waals surface area contributed by atoms with E-state index in [0.29, 0.717) is 22.8 Å². The minimum absolute atomic E-state index is 0.198. The topological polar surface area (TPSA) is 127 Å². The normalized spacial score (nSPS) is 15.3. The minimum Gasteiger partial charge on any atom is -0.493 e. The second-order valence-corrected chi connectivity index (χ2v) is 8.58. The van der Waals surface area contributed by atoms with Crippen LogP contribution in [0.2, 0.25) is 0 Å². The zero-order chi connectivity index (χ0) is 25.4. The highest BCUT2D eigenvalue weighted by Crippen LogP contribution is 2.34. The molecule has 3 amide bonds. The smallest absolute Gasteiger partial charge is 0.338 e. The standard InChI is InChI=1S/C24H25IN4O6/c1-4-34-23(31)21-14(2)27-24(32)28-22(21)16-7-10-18(19(11-16)33-3)35-13-20(30)29-26-12-15-5-8-17(25)9-6-15/h5-12,22H,4,13H2,1-3H3,(H,29,30)(H2,27,28,32)/b26-12-/t22-/m1/s1. The molecule has 1 aliphatic rings. The lowest BCUT2D eigenvalue weighted by Crippen LogP contribution is -2.45. The fraction of sp³-hybridized carbons (Fsp3) is 0.250. The van der Waals surface area contributed by atoms with Crippen LogP contribution < -0.4 is 25.5 Å². The number of carbonyl (C=O) groups is 3. The Morgan fingerprint density at radius 3 is 2.60 bits per heavy atom. The summed E-state index contributed by atoms with van der Waals surface area (Å²) >= 11 is 2.21. The van der Waals surface area contributed by atoms with Crippen LogP contribution in [-0.4, -0.2) is 44.4 Å². The molecule has 11 heteroatoms. The van der Waals surface area contributed by atoms with Crippen molar-refractivity contribution in [3.8, 4) is 11.5 Å². The molecule has 0 aliphatic carbocycles. The van der Waals surface area contributed by atoms with Crippen LogP contribution in [0.15, 0.2) is 58.8 Å². The predicted molar refractivity (Wildman–Crippen MR) is 137 cm³/mol. The number of urea groups is 1. The van der Waals surface area contributed by atoms with Crippen molar-refractivity contribution in [3.63, 3.8) is 0 Å². The van der Waals surface area contributed by atoms with E-state index in [2.05, 4.69) is 43.8 Å². The number of allylic oxidation sites excluding steroid dienone is 1. The van der Waals surface area contributed by atoms with Gasteiger partial charge in [0.1, 0.15) is 0 Å². The van der Waals surface area contributed by atoms with Crippen LogP contribution in [0.4, 0.5) is 4.79 Å². The number of ether oxygens (including phenoxy) is 3. The maximum Gasteiger partial charge on any atom is 0.338 e. The number of nitrogens with zero attached hydrogens (tertiary/aromatic N) is 1. The lowest BCUT2D eigenvalue weighted by molar-refractivity contribution is -0.139. The molecule has 10 nitrogen and oxygen atoms in total. The second kappa shape index (κ2) is 12.2. The molecule has 0 fully saturated rings. The van der Waals surface area contributed by atoms with E-state index < -0.39 is 23.9 Å². The van der Waals surface area contributed by atoms with Crippen molar-refractivity contribution in [1.29, 1.82) is 0 Å². The van der Waals surface area contributed by atoms with E-state index in [0.717, 1.165) is 9.13 Å². The van der Waals surface area contributed by atoms with E-state index in [9.17, 15) is 14.4 Å². The maximum absolute atomic E-state index is 12.5. The average molecular weight is 592 g/mol. The molecule has 0 radical (unpaired) electrons. The number of halogens is 1. The molecular weight excluding hydrogens is 567 g/mol. The van der Waals surface area contributed by atoms with Gasteiger partial charge in [0.05, 0.1) is 31.5 Å². The van der Waals surface area contributed by atoms with Gasteiger partial charge in [-0.2, -0.15) is 5.10 Å². The van der Waals surface area contributed by atoms with Crippen LogP contribution in [0.5, 0.6) is 11.5 Å². The third-order valence-corrected chi connectivity index (χ3v) is 5.64. The molecule has 0 aromatic heterocycles. The van der Waals surface area contributed by atoms with Crippen molar-refractivity contribution in [2.24, 2.45) is 5.10 Å². The van der Waals surface area contributed by atoms with Gasteiger partial charge in [-0.05, 0) is 71.8 Å². The summed E-state index contributed by atoms with van der Waals surface area (Å²) in [5, 5.41) is 9.24. The quantitative estimate of drug-likeness (QED) is 0.178. The molecule has 0 saturated heterocycles. The summed E-state index contributed by atoms with van der Waals surface area (Å²) in [4.78, 5) is 36.7. The lowest BCUT2D eigenvalue weighted by Gasteiger charge is -2.28. The molecule has 1 heterocycles. The first-order valence-electron chi connectivity index (χ1n) is 10.7. The number of nitrogens with one attached hydrogen (secondary N) is 3. The van der Waals surface area contributed by atoms with Gasteiger partial charge in [0.2, 0.25) is 0 Å². The predicted octanol–water partition coefficient (Wildman–Crippen LogP) is 3.02. The van der Waals surface area contributed by atoms with Crippen LogP contribution in [-0.2, 0) is 14.3 Å². The molecule has 1 atom stereocenters. The van der Waals surface area contributed by atoms with Crippen molar-refractivity contribution < 1.29 is 28.6 Å². The van der Waals surface area contributed by atoms with E-state index in [1.807, 2.05) is 24.3 Å². The van der Waals surface area contributed by atoms with Crippen LogP contribution in [0, 0.1) is 3.57 Å². The number of hydrogen-bond acceptors (Lipinski definition) is 7. The molecule has 35 heavy (non-hydrogen) atoms. The Labute approximate surface area is 216 Å². The lowest BCUT2D eigenvalue weighted by atomic mass is 9.95. The van der Waals surface area contributed by atoms with E-state index in [1.165, 1.54) is 13.3 Å². The number of hydrogen-bond donors (Lipinski definition) is 3. The third kappa shape index (κ3) is 6.94.